The average Bonchev–Trinajstić information content (AvgIpc) is 2.82. The largest absolute Gasteiger partial charge is 0.497 e. The zero-order valence-corrected chi connectivity index (χ0v) is 12.7. The topological polar surface area (TPSA) is 94.3 Å². The molecule has 0 amide bonds. The number of ether oxygens (including phenoxy) is 1. The Hall–Kier alpha value is -1.64. The molecule has 1 heterocycles. The monoisotopic (exact) mass is 313 g/mol. The van der Waals surface area contributed by atoms with Gasteiger partial charge in [-0.2, -0.15) is 0 Å². The van der Waals surface area contributed by atoms with Crippen LogP contribution in [0.1, 0.15) is 9.88 Å². The molecule has 1 aromatic carbocycles. The van der Waals surface area contributed by atoms with Crippen LogP contribution in [0, 0.1) is 6.92 Å². The molecule has 0 aliphatic carbocycles. The summed E-state index contributed by atoms with van der Waals surface area (Å²) in [6, 6.07) is 4.45. The van der Waals surface area contributed by atoms with Gasteiger partial charge in [0.05, 0.1) is 19.3 Å². The van der Waals surface area contributed by atoms with E-state index in [4.69, 9.17) is 10.5 Å². The zero-order valence-electron chi connectivity index (χ0n) is 11.1. The van der Waals surface area contributed by atoms with Crippen molar-refractivity contribution in [3.05, 3.63) is 34.3 Å². The average molecular weight is 313 g/mol. The molecule has 108 valence electrons. The summed E-state index contributed by atoms with van der Waals surface area (Å²) < 4.78 is 31.8. The van der Waals surface area contributed by atoms with E-state index < -0.39 is 10.0 Å². The maximum absolute atomic E-state index is 12.2. The number of anilines is 1. The van der Waals surface area contributed by atoms with Crippen LogP contribution in [0.4, 0.5) is 5.69 Å². The lowest BCUT2D eigenvalue weighted by molar-refractivity contribution is 0.414. The van der Waals surface area contributed by atoms with Crippen molar-refractivity contribution in [2.45, 2.75) is 18.4 Å². The van der Waals surface area contributed by atoms with Crippen molar-refractivity contribution in [3.8, 4) is 5.75 Å². The van der Waals surface area contributed by atoms with Gasteiger partial charge in [-0.15, -0.1) is 11.3 Å². The van der Waals surface area contributed by atoms with Crippen molar-refractivity contribution in [2.75, 3.05) is 12.8 Å². The number of sulfonamides is 1. The van der Waals surface area contributed by atoms with E-state index >= 15 is 0 Å². The van der Waals surface area contributed by atoms with Crippen LogP contribution in [0.2, 0.25) is 0 Å². The molecule has 6 nitrogen and oxygen atoms in total. The molecule has 20 heavy (non-hydrogen) atoms. The summed E-state index contributed by atoms with van der Waals surface area (Å²) in [4.78, 5) is 5.17. The molecule has 0 spiro atoms. The number of nitrogens with one attached hydrogen (secondary N) is 1. The summed E-state index contributed by atoms with van der Waals surface area (Å²) in [5, 5.41) is 0.707. The summed E-state index contributed by atoms with van der Waals surface area (Å²) in [5.41, 5.74) is 5.89. The fourth-order valence-electron chi connectivity index (χ4n) is 1.62. The number of aryl methyl sites for hydroxylation is 1. The fraction of sp³-hybridized carbons (Fsp3) is 0.250. The SMILES string of the molecule is COc1ccc(S(=O)(=O)NCc2ncc(C)s2)c(N)c1. The third-order valence-corrected chi connectivity index (χ3v) is 4.98. The molecule has 0 fully saturated rings. The number of nitrogen functional groups attached to an aromatic ring is 1. The van der Waals surface area contributed by atoms with Crippen molar-refractivity contribution in [1.82, 2.24) is 9.71 Å². The standard InChI is InChI=1S/C12H15N3O3S2/c1-8-6-14-12(19-8)7-15-20(16,17)11-4-3-9(18-2)5-10(11)13/h3-6,15H,7,13H2,1-2H3. The predicted molar refractivity (Wildman–Crippen MR) is 78.3 cm³/mol. The second-order valence-corrected chi connectivity index (χ2v) is 7.15. The molecular formula is C12H15N3O3S2. The van der Waals surface area contributed by atoms with Gasteiger partial charge in [-0.05, 0) is 19.1 Å². The Balaban J connectivity index is 2.18. The van der Waals surface area contributed by atoms with Crippen LogP contribution in [0.25, 0.3) is 0 Å². The van der Waals surface area contributed by atoms with Crippen LogP contribution in [-0.2, 0) is 16.6 Å². The quantitative estimate of drug-likeness (QED) is 0.816. The maximum atomic E-state index is 12.2. The van der Waals surface area contributed by atoms with E-state index in [9.17, 15) is 8.42 Å². The van der Waals surface area contributed by atoms with Crippen molar-refractivity contribution in [3.63, 3.8) is 0 Å². The first-order valence-electron chi connectivity index (χ1n) is 5.77. The molecule has 0 atom stereocenters. The highest BCUT2D eigenvalue weighted by atomic mass is 32.2. The number of nitrogens with two attached hydrogens (primary N) is 1. The molecule has 2 aromatic rings. The first-order valence-corrected chi connectivity index (χ1v) is 8.07. The van der Waals surface area contributed by atoms with Gasteiger partial charge in [0.25, 0.3) is 0 Å². The van der Waals surface area contributed by atoms with Gasteiger partial charge in [0.2, 0.25) is 10.0 Å². The number of methoxy groups -OCH3 is 1. The van der Waals surface area contributed by atoms with Gasteiger partial charge >= 0.3 is 0 Å². The van der Waals surface area contributed by atoms with Gasteiger partial charge in [0, 0.05) is 17.1 Å². The minimum Gasteiger partial charge on any atom is -0.497 e. The Morgan fingerprint density at radius 3 is 2.75 bits per heavy atom. The van der Waals surface area contributed by atoms with E-state index in [0.29, 0.717) is 10.8 Å². The number of hydrogen-bond donors (Lipinski definition) is 2. The van der Waals surface area contributed by atoms with E-state index in [1.807, 2.05) is 6.92 Å². The molecule has 1 aromatic heterocycles. The molecule has 0 saturated heterocycles. The molecule has 0 radical (unpaired) electrons. The van der Waals surface area contributed by atoms with Crippen LogP contribution in [0.3, 0.4) is 0 Å². The first-order chi connectivity index (χ1) is 9.42. The van der Waals surface area contributed by atoms with Crippen molar-refractivity contribution < 1.29 is 13.2 Å². The van der Waals surface area contributed by atoms with E-state index in [2.05, 4.69) is 9.71 Å². The Labute approximate surface area is 121 Å². The number of benzene rings is 1. The van der Waals surface area contributed by atoms with Gasteiger partial charge in [0.1, 0.15) is 15.7 Å². The zero-order chi connectivity index (χ0) is 14.8. The Morgan fingerprint density at radius 2 is 2.20 bits per heavy atom. The summed E-state index contributed by atoms with van der Waals surface area (Å²) in [5.74, 6) is 0.511. The fourth-order valence-corrected chi connectivity index (χ4v) is 3.53. The Morgan fingerprint density at radius 1 is 1.45 bits per heavy atom. The normalized spacial score (nSPS) is 11.5. The number of thiazole rings is 1. The summed E-state index contributed by atoms with van der Waals surface area (Å²) in [6.07, 6.45) is 1.70. The molecule has 0 aliphatic heterocycles. The molecule has 2 rings (SSSR count). The Kier molecular flexibility index (Phi) is 4.26. The van der Waals surface area contributed by atoms with Crippen LogP contribution in [0.5, 0.6) is 5.75 Å². The first kappa shape index (κ1) is 14.8. The molecular weight excluding hydrogens is 298 g/mol. The second kappa shape index (κ2) is 5.78. The van der Waals surface area contributed by atoms with Gasteiger partial charge in [0.15, 0.2) is 0 Å². The highest BCUT2D eigenvalue weighted by Gasteiger charge is 2.18. The van der Waals surface area contributed by atoms with Crippen LogP contribution in [0.15, 0.2) is 29.3 Å². The molecule has 0 aliphatic rings. The van der Waals surface area contributed by atoms with Gasteiger partial charge in [-0.1, -0.05) is 0 Å². The lowest BCUT2D eigenvalue weighted by atomic mass is 10.3. The third kappa shape index (κ3) is 3.27. The highest BCUT2D eigenvalue weighted by molar-refractivity contribution is 7.89. The smallest absolute Gasteiger partial charge is 0.243 e. The van der Waals surface area contributed by atoms with E-state index in [1.165, 1.54) is 30.6 Å². The van der Waals surface area contributed by atoms with E-state index in [-0.39, 0.29) is 17.1 Å². The number of hydrogen-bond acceptors (Lipinski definition) is 6. The van der Waals surface area contributed by atoms with Crippen LogP contribution in [-0.4, -0.2) is 20.5 Å². The minimum absolute atomic E-state index is 0.0339. The lowest BCUT2D eigenvalue weighted by Gasteiger charge is -2.09. The lowest BCUT2D eigenvalue weighted by Crippen LogP contribution is -2.24. The number of nitrogens with zero attached hydrogens (tertiary/aromatic N) is 1. The molecule has 0 bridgehead atoms. The molecule has 0 saturated carbocycles. The van der Waals surface area contributed by atoms with Crippen molar-refractivity contribution in [2.24, 2.45) is 0 Å². The molecule has 0 unspecified atom stereocenters. The number of rotatable bonds is 5. The minimum atomic E-state index is -3.67. The van der Waals surface area contributed by atoms with E-state index in [1.54, 1.807) is 12.3 Å². The van der Waals surface area contributed by atoms with Crippen LogP contribution >= 0.6 is 11.3 Å². The van der Waals surface area contributed by atoms with Gasteiger partial charge in [-0.25, -0.2) is 18.1 Å². The highest BCUT2D eigenvalue weighted by Crippen LogP contribution is 2.23. The van der Waals surface area contributed by atoms with E-state index in [0.717, 1.165) is 4.88 Å². The van der Waals surface area contributed by atoms with Gasteiger partial charge in [-0.3, -0.25) is 0 Å². The van der Waals surface area contributed by atoms with Crippen LogP contribution < -0.4 is 15.2 Å². The summed E-state index contributed by atoms with van der Waals surface area (Å²) >= 11 is 1.44. The predicted octanol–water partition coefficient (Wildman–Crippen LogP) is 1.52. The Bertz CT molecular complexity index is 710. The maximum Gasteiger partial charge on any atom is 0.243 e. The summed E-state index contributed by atoms with van der Waals surface area (Å²) in [7, 11) is -2.18. The van der Waals surface area contributed by atoms with Crippen molar-refractivity contribution >= 4 is 27.0 Å². The third-order valence-electron chi connectivity index (χ3n) is 2.59. The van der Waals surface area contributed by atoms with Crippen molar-refractivity contribution in [1.29, 1.82) is 0 Å². The second-order valence-electron chi connectivity index (χ2n) is 4.09. The van der Waals surface area contributed by atoms with Gasteiger partial charge < -0.3 is 10.5 Å². The summed E-state index contributed by atoms with van der Waals surface area (Å²) in [6.45, 7) is 2.06. The number of aromatic nitrogens is 1. The molecule has 8 heteroatoms. The molecule has 3 N–H and O–H groups in total.